The highest BCUT2D eigenvalue weighted by Gasteiger charge is 2.29. The van der Waals surface area contributed by atoms with Crippen molar-refractivity contribution in [1.29, 1.82) is 0 Å². The highest BCUT2D eigenvalue weighted by atomic mass is 32.2. The molecule has 0 amide bonds. The van der Waals surface area contributed by atoms with Gasteiger partial charge in [-0.15, -0.1) is 0 Å². The second-order valence-electron chi connectivity index (χ2n) is 5.05. The monoisotopic (exact) mass is 318 g/mol. The van der Waals surface area contributed by atoms with Gasteiger partial charge in [-0.2, -0.15) is 4.39 Å². The van der Waals surface area contributed by atoms with E-state index in [0.717, 1.165) is 12.5 Å². The van der Waals surface area contributed by atoms with Gasteiger partial charge in [0.2, 0.25) is 15.8 Å². The molecule has 0 aromatic heterocycles. The molecule has 0 radical (unpaired) electrons. The molecule has 8 heteroatoms. The van der Waals surface area contributed by atoms with Crippen LogP contribution in [0.2, 0.25) is 0 Å². The molecule has 1 rings (SSSR count). The van der Waals surface area contributed by atoms with Gasteiger partial charge in [0.05, 0.1) is 15.4 Å². The van der Waals surface area contributed by atoms with Gasteiger partial charge in [-0.05, 0) is 38.8 Å². The van der Waals surface area contributed by atoms with Crippen molar-refractivity contribution < 1.29 is 17.7 Å². The zero-order valence-electron chi connectivity index (χ0n) is 12.4. The molecule has 118 valence electrons. The molecular weight excluding hydrogens is 299 g/mol. The molecule has 1 N–H and O–H groups in total. The minimum absolute atomic E-state index is 0.145. The molecule has 0 aliphatic carbocycles. The van der Waals surface area contributed by atoms with E-state index in [1.807, 2.05) is 6.92 Å². The summed E-state index contributed by atoms with van der Waals surface area (Å²) in [6.45, 7) is 6.29. The van der Waals surface area contributed by atoms with Crippen molar-refractivity contribution in [3.05, 3.63) is 33.1 Å². The van der Waals surface area contributed by atoms with Crippen LogP contribution in [0, 0.1) is 29.8 Å². The Kier molecular flexibility index (Phi) is 5.41. The molecule has 1 aromatic rings. The first-order valence-corrected chi connectivity index (χ1v) is 8.06. The van der Waals surface area contributed by atoms with Crippen LogP contribution in [-0.2, 0) is 10.0 Å². The van der Waals surface area contributed by atoms with Gasteiger partial charge in [0.25, 0.3) is 0 Å². The molecule has 0 fully saturated rings. The summed E-state index contributed by atoms with van der Waals surface area (Å²) in [5.74, 6) is -1.03. The number of aryl methyl sites for hydroxylation is 1. The topological polar surface area (TPSA) is 89.3 Å². The number of halogens is 1. The molecule has 1 aromatic carbocycles. The highest BCUT2D eigenvalue weighted by Crippen LogP contribution is 2.31. The largest absolute Gasteiger partial charge is 0.309 e. The second kappa shape index (κ2) is 6.48. The summed E-state index contributed by atoms with van der Waals surface area (Å²) in [4.78, 5) is 9.78. The first-order valence-electron chi connectivity index (χ1n) is 6.58. The molecule has 0 saturated heterocycles. The van der Waals surface area contributed by atoms with Crippen molar-refractivity contribution in [3.8, 4) is 0 Å². The molecule has 0 spiro atoms. The van der Waals surface area contributed by atoms with Crippen LogP contribution in [0.15, 0.2) is 11.0 Å². The average molecular weight is 318 g/mol. The number of hydrogen-bond donors (Lipinski definition) is 1. The number of nitro groups is 1. The van der Waals surface area contributed by atoms with Crippen LogP contribution in [-0.4, -0.2) is 19.4 Å². The highest BCUT2D eigenvalue weighted by molar-refractivity contribution is 7.89. The number of benzene rings is 1. The summed E-state index contributed by atoms with van der Waals surface area (Å²) in [6.07, 6.45) is 1.44. The van der Waals surface area contributed by atoms with Gasteiger partial charge in [0.1, 0.15) is 0 Å². The van der Waals surface area contributed by atoms with Gasteiger partial charge in [0, 0.05) is 6.04 Å². The van der Waals surface area contributed by atoms with Crippen molar-refractivity contribution in [3.63, 3.8) is 0 Å². The van der Waals surface area contributed by atoms with E-state index in [1.165, 1.54) is 13.8 Å². The van der Waals surface area contributed by atoms with Gasteiger partial charge in [0.15, 0.2) is 0 Å². The van der Waals surface area contributed by atoms with E-state index in [1.54, 1.807) is 6.92 Å². The summed E-state index contributed by atoms with van der Waals surface area (Å²) in [5, 5.41) is 10.9. The minimum atomic E-state index is -3.94. The molecule has 1 atom stereocenters. The molecular formula is C13H19FN2O4S. The third-order valence-corrected chi connectivity index (χ3v) is 5.03. The Morgan fingerprint density at radius 2 is 2.00 bits per heavy atom. The summed E-state index contributed by atoms with van der Waals surface area (Å²) < 4.78 is 40.9. The van der Waals surface area contributed by atoms with Crippen LogP contribution in [0.5, 0.6) is 0 Å². The Balaban J connectivity index is 3.43. The maximum atomic E-state index is 13.7. The van der Waals surface area contributed by atoms with E-state index < -0.39 is 26.5 Å². The number of rotatable bonds is 6. The lowest BCUT2D eigenvalue weighted by atomic mass is 10.1. The molecule has 1 unspecified atom stereocenters. The summed E-state index contributed by atoms with van der Waals surface area (Å²) in [6, 6.07) is 0.576. The van der Waals surface area contributed by atoms with Crippen molar-refractivity contribution >= 4 is 15.7 Å². The Hall–Kier alpha value is -1.54. The number of hydrogen-bond acceptors (Lipinski definition) is 4. The Labute approximate surface area is 123 Å². The summed E-state index contributed by atoms with van der Waals surface area (Å²) in [5.41, 5.74) is -0.843. The van der Waals surface area contributed by atoms with Gasteiger partial charge in [-0.25, -0.2) is 13.1 Å². The molecule has 0 heterocycles. The smallest absolute Gasteiger partial charge is 0.258 e. The standard InChI is InChI=1S/C13H19FN2O4S/c1-5-6-9(3)15-21(19,20)13-8(2)7-11(14)12(10(13)4)16(17)18/h7,9,15H,5-6H2,1-4H3. The van der Waals surface area contributed by atoms with Crippen LogP contribution in [0.1, 0.15) is 37.8 Å². The molecule has 0 aliphatic heterocycles. The van der Waals surface area contributed by atoms with E-state index in [9.17, 15) is 22.9 Å². The number of nitrogens with zero attached hydrogens (tertiary/aromatic N) is 1. The maximum absolute atomic E-state index is 13.7. The summed E-state index contributed by atoms with van der Waals surface area (Å²) in [7, 11) is -3.94. The van der Waals surface area contributed by atoms with Crippen molar-refractivity contribution in [2.45, 2.75) is 51.5 Å². The van der Waals surface area contributed by atoms with E-state index in [-0.39, 0.29) is 22.1 Å². The van der Waals surface area contributed by atoms with Crippen molar-refractivity contribution in [2.75, 3.05) is 0 Å². The predicted octanol–water partition coefficient (Wildman–Crippen LogP) is 2.82. The van der Waals surface area contributed by atoms with Crippen LogP contribution in [0.4, 0.5) is 10.1 Å². The third kappa shape index (κ3) is 3.76. The third-order valence-electron chi connectivity index (χ3n) is 3.15. The maximum Gasteiger partial charge on any atom is 0.309 e. The quantitative estimate of drug-likeness (QED) is 0.645. The number of nitrogens with one attached hydrogen (secondary N) is 1. The molecule has 0 saturated carbocycles. The molecule has 21 heavy (non-hydrogen) atoms. The molecule has 6 nitrogen and oxygen atoms in total. The van der Waals surface area contributed by atoms with E-state index in [0.29, 0.717) is 6.42 Å². The zero-order chi connectivity index (χ0) is 16.4. The van der Waals surface area contributed by atoms with Crippen molar-refractivity contribution in [1.82, 2.24) is 4.72 Å². The Morgan fingerprint density at radius 3 is 2.48 bits per heavy atom. The average Bonchev–Trinajstić information content (AvgIpc) is 2.25. The fourth-order valence-electron chi connectivity index (χ4n) is 2.36. The van der Waals surface area contributed by atoms with E-state index in [2.05, 4.69) is 4.72 Å². The van der Waals surface area contributed by atoms with Crippen molar-refractivity contribution in [2.24, 2.45) is 0 Å². The van der Waals surface area contributed by atoms with Gasteiger partial charge >= 0.3 is 5.69 Å². The SMILES string of the molecule is CCCC(C)NS(=O)(=O)c1c(C)cc(F)c([N+](=O)[O-])c1C. The lowest BCUT2D eigenvalue weighted by molar-refractivity contribution is -0.388. The Morgan fingerprint density at radius 1 is 1.43 bits per heavy atom. The van der Waals surface area contributed by atoms with Gasteiger partial charge < -0.3 is 0 Å². The molecule has 0 aliphatic rings. The van der Waals surface area contributed by atoms with E-state index in [4.69, 9.17) is 0 Å². The van der Waals surface area contributed by atoms with Crippen LogP contribution in [0.25, 0.3) is 0 Å². The van der Waals surface area contributed by atoms with Gasteiger partial charge in [-0.1, -0.05) is 13.3 Å². The van der Waals surface area contributed by atoms with E-state index >= 15 is 0 Å². The van der Waals surface area contributed by atoms with Crippen LogP contribution in [0.3, 0.4) is 0 Å². The lowest BCUT2D eigenvalue weighted by Crippen LogP contribution is -2.33. The number of nitro benzene ring substituents is 1. The zero-order valence-corrected chi connectivity index (χ0v) is 13.3. The fourth-order valence-corrected chi connectivity index (χ4v) is 4.11. The number of sulfonamides is 1. The fraction of sp³-hybridized carbons (Fsp3) is 0.538. The second-order valence-corrected chi connectivity index (χ2v) is 6.70. The summed E-state index contributed by atoms with van der Waals surface area (Å²) >= 11 is 0. The predicted molar refractivity (Wildman–Crippen MR) is 77.2 cm³/mol. The lowest BCUT2D eigenvalue weighted by Gasteiger charge is -2.16. The minimum Gasteiger partial charge on any atom is -0.258 e. The first kappa shape index (κ1) is 17.5. The van der Waals surface area contributed by atoms with Gasteiger partial charge in [-0.3, -0.25) is 10.1 Å². The molecule has 0 bridgehead atoms. The Bertz CT molecular complexity index is 659. The first-order chi connectivity index (χ1) is 9.61. The van der Waals surface area contributed by atoms with Crippen LogP contribution >= 0.6 is 0 Å². The van der Waals surface area contributed by atoms with Crippen LogP contribution < -0.4 is 4.72 Å². The normalized spacial score (nSPS) is 13.2.